The fourth-order valence-electron chi connectivity index (χ4n) is 4.87. The lowest BCUT2D eigenvalue weighted by atomic mass is 9.92. The zero-order valence-corrected chi connectivity index (χ0v) is 26.3. The maximum Gasteiger partial charge on any atom is 0.337 e. The Kier molecular flexibility index (Phi) is 8.06. The SMILES string of the molecule is C=c1cc2c(cc1S(=O)(=O)O)=C(c1ccccc1S(=O)(=O)O)c1cc(S(=O)(=O)O)c(Nc3ccc(C(=O)O)c(S(=O)(=O)O)c3)cc1O2. The average molecular weight is 726 g/mol. The van der Waals surface area contributed by atoms with Crippen LogP contribution in [-0.2, 0) is 40.5 Å². The third kappa shape index (κ3) is 6.48. The Morgan fingerprint density at radius 2 is 1.23 bits per heavy atom. The van der Waals surface area contributed by atoms with Crippen LogP contribution in [0.5, 0.6) is 11.5 Å². The highest BCUT2D eigenvalue weighted by Gasteiger charge is 2.30. The number of fused-ring (bicyclic) bond motifs is 2. The van der Waals surface area contributed by atoms with Gasteiger partial charge in [0.05, 0.1) is 11.3 Å². The minimum atomic E-state index is -5.21. The van der Waals surface area contributed by atoms with Crippen molar-refractivity contribution in [1.29, 1.82) is 0 Å². The standard InChI is InChI=1S/C27H19NO15S4/c1-13-8-20-17(10-23(13)45(34,35)36)26(15-4-2-3-5-22(15)44(31,32)33)18-11-25(47(40,41)42)19(12-21(18)43-20)28-14-6-7-16(27(29)30)24(9-14)46(37,38)39/h2-12,28H,1H2,(H,29,30)(H,31,32,33)(H,34,35,36)(H,37,38,39)(H,40,41,42). The third-order valence-corrected chi connectivity index (χ3v) is 10.4. The van der Waals surface area contributed by atoms with E-state index in [9.17, 15) is 61.8 Å². The fraction of sp³-hybridized carbons (Fsp3) is 0. The summed E-state index contributed by atoms with van der Waals surface area (Å²) in [5.41, 5.74) is -2.40. The fourth-order valence-corrected chi connectivity index (χ4v) is 7.59. The van der Waals surface area contributed by atoms with Gasteiger partial charge in [-0.1, -0.05) is 24.8 Å². The van der Waals surface area contributed by atoms with E-state index < -0.39 is 77.3 Å². The van der Waals surface area contributed by atoms with Crippen LogP contribution < -0.4 is 20.5 Å². The number of benzene rings is 4. The summed E-state index contributed by atoms with van der Waals surface area (Å²) in [6.07, 6.45) is 0. The van der Waals surface area contributed by atoms with Gasteiger partial charge in [-0.2, -0.15) is 33.7 Å². The second kappa shape index (κ2) is 11.2. The van der Waals surface area contributed by atoms with Gasteiger partial charge in [-0.25, -0.2) is 4.79 Å². The number of carboxylic acids is 1. The molecule has 6 N–H and O–H groups in total. The lowest BCUT2D eigenvalue weighted by Gasteiger charge is -2.24. The monoisotopic (exact) mass is 725 g/mol. The number of hydrogen-bond acceptors (Lipinski definition) is 11. The van der Waals surface area contributed by atoms with Crippen molar-refractivity contribution in [2.24, 2.45) is 0 Å². The molecule has 0 spiro atoms. The van der Waals surface area contributed by atoms with Gasteiger partial charge in [0.1, 0.15) is 31.1 Å². The van der Waals surface area contributed by atoms with E-state index in [1.165, 1.54) is 18.2 Å². The molecule has 0 amide bonds. The van der Waals surface area contributed by atoms with Crippen LogP contribution in [0.25, 0.3) is 12.2 Å². The number of aromatic carboxylic acids is 1. The van der Waals surface area contributed by atoms with Crippen molar-refractivity contribution in [2.45, 2.75) is 19.6 Å². The molecule has 4 aromatic carbocycles. The van der Waals surface area contributed by atoms with Crippen LogP contribution in [-0.4, -0.2) is 63.0 Å². The number of carboxylic acid groups (broad SMARTS) is 1. The molecular formula is C27H19NO15S4. The average Bonchev–Trinajstić information content (AvgIpc) is 2.93. The Morgan fingerprint density at radius 1 is 0.638 bits per heavy atom. The molecule has 1 heterocycles. The Balaban J connectivity index is 1.88. The van der Waals surface area contributed by atoms with Crippen LogP contribution in [0.2, 0.25) is 0 Å². The predicted octanol–water partition coefficient (Wildman–Crippen LogP) is 1.88. The summed E-state index contributed by atoms with van der Waals surface area (Å²) in [6.45, 7) is 3.57. The van der Waals surface area contributed by atoms with E-state index in [4.69, 9.17) is 4.74 Å². The molecule has 0 aliphatic carbocycles. The van der Waals surface area contributed by atoms with Gasteiger partial charge in [-0.3, -0.25) is 18.2 Å². The smallest absolute Gasteiger partial charge is 0.337 e. The van der Waals surface area contributed by atoms with E-state index in [1.54, 1.807) is 0 Å². The molecule has 0 radical (unpaired) electrons. The lowest BCUT2D eigenvalue weighted by molar-refractivity contribution is 0.0692. The first kappa shape index (κ1) is 33.7. The highest BCUT2D eigenvalue weighted by Crippen LogP contribution is 2.43. The minimum absolute atomic E-state index is 0.180. The molecule has 5 rings (SSSR count). The second-order valence-corrected chi connectivity index (χ2v) is 15.4. The van der Waals surface area contributed by atoms with Crippen molar-refractivity contribution in [3.63, 3.8) is 0 Å². The molecule has 4 aromatic rings. The van der Waals surface area contributed by atoms with Crippen LogP contribution in [0.3, 0.4) is 0 Å². The Morgan fingerprint density at radius 3 is 1.81 bits per heavy atom. The molecule has 16 nitrogen and oxygen atoms in total. The molecule has 1 aliphatic heterocycles. The molecule has 0 aromatic heterocycles. The van der Waals surface area contributed by atoms with Crippen LogP contribution in [0, 0.1) is 0 Å². The number of nitrogens with one attached hydrogen (secondary N) is 1. The number of rotatable bonds is 8. The summed E-state index contributed by atoms with van der Waals surface area (Å²) in [4.78, 5) is 8.08. The maximum absolute atomic E-state index is 12.6. The summed E-state index contributed by atoms with van der Waals surface area (Å²) in [7, 11) is -20.2. The second-order valence-electron chi connectivity index (χ2n) is 9.82. The zero-order chi connectivity index (χ0) is 34.9. The summed E-state index contributed by atoms with van der Waals surface area (Å²) < 4.78 is 143. The lowest BCUT2D eigenvalue weighted by Crippen LogP contribution is -2.25. The molecule has 1 aliphatic rings. The zero-order valence-electron chi connectivity index (χ0n) is 23.0. The number of hydrogen-bond donors (Lipinski definition) is 6. The van der Waals surface area contributed by atoms with Gasteiger partial charge in [0.25, 0.3) is 40.5 Å². The van der Waals surface area contributed by atoms with E-state index in [-0.39, 0.29) is 44.3 Å². The third-order valence-electron chi connectivity index (χ3n) is 6.76. The predicted molar refractivity (Wildman–Crippen MR) is 162 cm³/mol. The summed E-state index contributed by atoms with van der Waals surface area (Å²) in [6, 6.07) is 11.0. The molecule has 246 valence electrons. The Hall–Kier alpha value is -4.67. The number of carbonyl (C=O) groups is 1. The van der Waals surface area contributed by atoms with E-state index in [2.05, 4.69) is 11.9 Å². The van der Waals surface area contributed by atoms with Crippen LogP contribution >= 0.6 is 0 Å². The number of ether oxygens (including phenoxy) is 1. The quantitative estimate of drug-likeness (QED) is 0.125. The maximum atomic E-state index is 12.6. The van der Waals surface area contributed by atoms with E-state index >= 15 is 0 Å². The van der Waals surface area contributed by atoms with Crippen molar-refractivity contribution >= 4 is 70.0 Å². The summed E-state index contributed by atoms with van der Waals surface area (Å²) >= 11 is 0. The summed E-state index contributed by atoms with van der Waals surface area (Å²) in [5.74, 6) is -2.15. The van der Waals surface area contributed by atoms with E-state index in [0.717, 1.165) is 42.5 Å². The van der Waals surface area contributed by atoms with E-state index in [1.807, 2.05) is 0 Å². The van der Waals surface area contributed by atoms with Crippen molar-refractivity contribution in [3.05, 3.63) is 93.9 Å². The molecule has 0 atom stereocenters. The Labute approximate surface area is 265 Å². The van der Waals surface area contributed by atoms with Gasteiger partial charge >= 0.3 is 5.97 Å². The molecule has 0 unspecified atom stereocenters. The van der Waals surface area contributed by atoms with Crippen LogP contribution in [0.15, 0.2) is 86.3 Å². The van der Waals surface area contributed by atoms with Gasteiger partial charge in [0, 0.05) is 33.7 Å². The minimum Gasteiger partial charge on any atom is -0.478 e. The normalized spacial score (nSPS) is 13.3. The Bertz CT molecular complexity index is 2620. The van der Waals surface area contributed by atoms with Crippen molar-refractivity contribution < 1.29 is 66.5 Å². The van der Waals surface area contributed by atoms with Crippen LogP contribution in [0.4, 0.5) is 11.4 Å². The number of anilines is 2. The van der Waals surface area contributed by atoms with Gasteiger partial charge in [-0.05, 0) is 47.7 Å². The molecule has 47 heavy (non-hydrogen) atoms. The van der Waals surface area contributed by atoms with Crippen molar-refractivity contribution in [1.82, 2.24) is 0 Å². The largest absolute Gasteiger partial charge is 0.478 e. The molecule has 20 heteroatoms. The molecular weight excluding hydrogens is 707 g/mol. The first-order valence-corrected chi connectivity index (χ1v) is 18.2. The molecule has 0 bridgehead atoms. The topological polar surface area (TPSA) is 276 Å². The van der Waals surface area contributed by atoms with E-state index in [0.29, 0.717) is 6.07 Å². The molecule has 0 saturated carbocycles. The molecule has 0 fully saturated rings. The van der Waals surface area contributed by atoms with Gasteiger partial charge in [-0.15, -0.1) is 0 Å². The highest BCUT2D eigenvalue weighted by molar-refractivity contribution is 7.86. The van der Waals surface area contributed by atoms with Gasteiger partial charge in [0.15, 0.2) is 0 Å². The van der Waals surface area contributed by atoms with Crippen LogP contribution in [0.1, 0.15) is 21.5 Å². The highest BCUT2D eigenvalue weighted by atomic mass is 32.2. The molecule has 0 saturated heterocycles. The first-order valence-electron chi connectivity index (χ1n) is 12.4. The van der Waals surface area contributed by atoms with Crippen molar-refractivity contribution in [2.75, 3.05) is 5.32 Å². The first-order chi connectivity index (χ1) is 21.6. The summed E-state index contributed by atoms with van der Waals surface area (Å²) in [5, 5.41) is 11.3. The van der Waals surface area contributed by atoms with Crippen molar-refractivity contribution in [3.8, 4) is 11.5 Å². The van der Waals surface area contributed by atoms with Gasteiger partial charge < -0.3 is 15.2 Å². The van der Waals surface area contributed by atoms with Gasteiger partial charge in [0.2, 0.25) is 0 Å².